The summed E-state index contributed by atoms with van der Waals surface area (Å²) >= 11 is 0. The fourth-order valence-corrected chi connectivity index (χ4v) is 4.50. The van der Waals surface area contributed by atoms with E-state index in [9.17, 15) is 13.2 Å². The van der Waals surface area contributed by atoms with Crippen molar-refractivity contribution in [2.75, 3.05) is 26.3 Å². The number of sulfonamides is 1. The average molecular weight is 414 g/mol. The fourth-order valence-electron chi connectivity index (χ4n) is 3.09. The van der Waals surface area contributed by atoms with E-state index in [1.807, 2.05) is 12.1 Å². The van der Waals surface area contributed by atoms with Crippen LogP contribution in [0.4, 0.5) is 0 Å². The maximum atomic E-state index is 12.6. The predicted molar refractivity (Wildman–Crippen MR) is 115 cm³/mol. The molecular formula is C23H27NO4S. The highest BCUT2D eigenvalue weighted by Gasteiger charge is 2.26. The lowest BCUT2D eigenvalue weighted by atomic mass is 9.87. The van der Waals surface area contributed by atoms with E-state index >= 15 is 0 Å². The van der Waals surface area contributed by atoms with E-state index in [2.05, 4.69) is 32.9 Å². The number of benzene rings is 2. The molecule has 0 saturated carbocycles. The van der Waals surface area contributed by atoms with Crippen molar-refractivity contribution in [1.82, 2.24) is 4.31 Å². The fraction of sp³-hybridized carbons (Fsp3) is 0.348. The van der Waals surface area contributed by atoms with Crippen LogP contribution < -0.4 is 0 Å². The number of allylic oxidation sites excluding steroid dienone is 1. The number of morpholine rings is 1. The molecule has 2 aromatic rings. The Labute approximate surface area is 173 Å². The summed E-state index contributed by atoms with van der Waals surface area (Å²) in [5, 5.41) is 0. The number of nitrogens with zero attached hydrogens (tertiary/aromatic N) is 1. The standard InChI is InChI=1S/C23H27NO4S/c1-23(2,3)20-9-4-18(5-10-20)6-13-22(25)19-7-11-21(12-8-19)29(26,27)24-14-16-28-17-15-24/h4-13H,14-17H2,1-3H3/b13-6+. The first kappa shape index (κ1) is 21.4. The largest absolute Gasteiger partial charge is 0.379 e. The Morgan fingerprint density at radius 1 is 0.966 bits per heavy atom. The summed E-state index contributed by atoms with van der Waals surface area (Å²) in [6.45, 7) is 7.97. The molecule has 1 fully saturated rings. The van der Waals surface area contributed by atoms with E-state index in [4.69, 9.17) is 4.74 Å². The van der Waals surface area contributed by atoms with Gasteiger partial charge in [-0.1, -0.05) is 51.1 Å². The van der Waals surface area contributed by atoms with Crippen molar-refractivity contribution in [2.24, 2.45) is 0 Å². The maximum Gasteiger partial charge on any atom is 0.243 e. The van der Waals surface area contributed by atoms with Gasteiger partial charge in [0.05, 0.1) is 18.1 Å². The minimum Gasteiger partial charge on any atom is -0.379 e. The molecule has 154 valence electrons. The molecule has 2 aromatic carbocycles. The van der Waals surface area contributed by atoms with Crippen LogP contribution in [0.1, 0.15) is 42.3 Å². The highest BCUT2D eigenvalue weighted by atomic mass is 32.2. The number of carbonyl (C=O) groups is 1. The van der Waals surface area contributed by atoms with Gasteiger partial charge in [0.25, 0.3) is 0 Å². The van der Waals surface area contributed by atoms with Crippen LogP contribution in [0.15, 0.2) is 59.5 Å². The van der Waals surface area contributed by atoms with E-state index in [0.29, 0.717) is 31.9 Å². The molecule has 0 amide bonds. The molecular weight excluding hydrogens is 386 g/mol. The number of hydrogen-bond donors (Lipinski definition) is 0. The zero-order chi connectivity index (χ0) is 21.1. The molecule has 29 heavy (non-hydrogen) atoms. The molecule has 1 saturated heterocycles. The van der Waals surface area contributed by atoms with Crippen LogP contribution in [-0.4, -0.2) is 44.8 Å². The molecule has 0 aromatic heterocycles. The zero-order valence-electron chi connectivity index (χ0n) is 17.1. The summed E-state index contributed by atoms with van der Waals surface area (Å²) in [7, 11) is -3.55. The van der Waals surface area contributed by atoms with Gasteiger partial charge in [0.2, 0.25) is 10.0 Å². The molecule has 0 atom stereocenters. The second-order valence-corrected chi connectivity index (χ2v) is 10.0. The summed E-state index contributed by atoms with van der Waals surface area (Å²) in [4.78, 5) is 12.6. The van der Waals surface area contributed by atoms with Crippen LogP contribution in [0, 0.1) is 0 Å². The maximum absolute atomic E-state index is 12.6. The van der Waals surface area contributed by atoms with Gasteiger partial charge in [-0.2, -0.15) is 4.31 Å². The molecule has 0 unspecified atom stereocenters. The minimum atomic E-state index is -3.55. The van der Waals surface area contributed by atoms with Crippen molar-refractivity contribution < 1.29 is 17.9 Å². The van der Waals surface area contributed by atoms with Crippen LogP contribution in [0.5, 0.6) is 0 Å². The SMILES string of the molecule is CC(C)(C)c1ccc(/C=C/C(=O)c2ccc(S(=O)(=O)N3CCOCC3)cc2)cc1. The third kappa shape index (κ3) is 5.21. The van der Waals surface area contributed by atoms with Crippen molar-refractivity contribution in [3.05, 3.63) is 71.3 Å². The number of hydrogen-bond acceptors (Lipinski definition) is 4. The minimum absolute atomic E-state index is 0.0847. The Hall–Kier alpha value is -2.28. The van der Waals surface area contributed by atoms with Crippen molar-refractivity contribution in [3.63, 3.8) is 0 Å². The van der Waals surface area contributed by atoms with Gasteiger partial charge in [0, 0.05) is 18.7 Å². The quantitative estimate of drug-likeness (QED) is 0.551. The highest BCUT2D eigenvalue weighted by molar-refractivity contribution is 7.89. The first-order chi connectivity index (χ1) is 13.7. The molecule has 5 nitrogen and oxygen atoms in total. The van der Waals surface area contributed by atoms with E-state index < -0.39 is 10.0 Å². The molecule has 0 N–H and O–H groups in total. The summed E-state index contributed by atoms with van der Waals surface area (Å²) in [6.07, 6.45) is 3.28. The Bertz CT molecular complexity index is 979. The van der Waals surface area contributed by atoms with Crippen molar-refractivity contribution in [1.29, 1.82) is 0 Å². The Balaban J connectivity index is 1.69. The Morgan fingerprint density at radius 3 is 2.10 bits per heavy atom. The lowest BCUT2D eigenvalue weighted by Gasteiger charge is -2.26. The Morgan fingerprint density at radius 2 is 1.55 bits per heavy atom. The van der Waals surface area contributed by atoms with E-state index in [-0.39, 0.29) is 16.1 Å². The van der Waals surface area contributed by atoms with Crippen LogP contribution in [-0.2, 0) is 20.2 Å². The molecule has 0 spiro atoms. The second kappa shape index (κ2) is 8.61. The van der Waals surface area contributed by atoms with E-state index in [1.165, 1.54) is 28.1 Å². The van der Waals surface area contributed by atoms with Crippen LogP contribution in [0.3, 0.4) is 0 Å². The monoisotopic (exact) mass is 413 g/mol. The van der Waals surface area contributed by atoms with Crippen LogP contribution in [0.2, 0.25) is 0 Å². The topological polar surface area (TPSA) is 63.7 Å². The van der Waals surface area contributed by atoms with Gasteiger partial charge >= 0.3 is 0 Å². The highest BCUT2D eigenvalue weighted by Crippen LogP contribution is 2.23. The van der Waals surface area contributed by atoms with Crippen LogP contribution in [0.25, 0.3) is 6.08 Å². The lowest BCUT2D eigenvalue weighted by Crippen LogP contribution is -2.40. The third-order valence-corrected chi connectivity index (χ3v) is 6.86. The molecule has 0 radical (unpaired) electrons. The molecule has 1 aliphatic rings. The second-order valence-electron chi connectivity index (χ2n) is 8.11. The molecule has 1 aliphatic heterocycles. The van der Waals surface area contributed by atoms with Gasteiger partial charge in [-0.15, -0.1) is 0 Å². The normalized spacial score (nSPS) is 16.2. The first-order valence-corrected chi connectivity index (χ1v) is 11.1. The number of ether oxygens (including phenoxy) is 1. The molecule has 0 bridgehead atoms. The smallest absolute Gasteiger partial charge is 0.243 e. The van der Waals surface area contributed by atoms with Crippen LogP contribution >= 0.6 is 0 Å². The molecule has 1 heterocycles. The van der Waals surface area contributed by atoms with Crippen molar-refractivity contribution in [3.8, 4) is 0 Å². The van der Waals surface area contributed by atoms with Gasteiger partial charge in [-0.05, 0) is 46.9 Å². The molecule has 6 heteroatoms. The predicted octanol–water partition coefficient (Wildman–Crippen LogP) is 3.90. The van der Waals surface area contributed by atoms with Crippen molar-refractivity contribution in [2.45, 2.75) is 31.1 Å². The number of carbonyl (C=O) groups excluding carboxylic acids is 1. The first-order valence-electron chi connectivity index (χ1n) is 9.69. The summed E-state index contributed by atoms with van der Waals surface area (Å²) in [5.41, 5.74) is 2.71. The van der Waals surface area contributed by atoms with E-state index in [0.717, 1.165) is 5.56 Å². The van der Waals surface area contributed by atoms with Gasteiger partial charge in [0.1, 0.15) is 0 Å². The van der Waals surface area contributed by atoms with Gasteiger partial charge in [0.15, 0.2) is 5.78 Å². The summed E-state index contributed by atoms with van der Waals surface area (Å²) in [6, 6.07) is 14.2. The van der Waals surface area contributed by atoms with Gasteiger partial charge in [-0.3, -0.25) is 4.79 Å². The number of ketones is 1. The Kier molecular flexibility index (Phi) is 6.36. The third-order valence-electron chi connectivity index (χ3n) is 4.95. The molecule has 0 aliphatic carbocycles. The molecule has 3 rings (SSSR count). The summed E-state index contributed by atoms with van der Waals surface area (Å²) < 4.78 is 31.9. The van der Waals surface area contributed by atoms with Crippen molar-refractivity contribution >= 4 is 21.9 Å². The van der Waals surface area contributed by atoms with Gasteiger partial charge in [-0.25, -0.2) is 8.42 Å². The zero-order valence-corrected chi connectivity index (χ0v) is 17.9. The average Bonchev–Trinajstić information content (AvgIpc) is 2.72. The van der Waals surface area contributed by atoms with Gasteiger partial charge < -0.3 is 4.74 Å². The summed E-state index contributed by atoms with van der Waals surface area (Å²) in [5.74, 6) is -0.166. The lowest BCUT2D eigenvalue weighted by molar-refractivity contribution is 0.0730. The number of rotatable bonds is 5. The van der Waals surface area contributed by atoms with E-state index in [1.54, 1.807) is 18.2 Å².